The van der Waals surface area contributed by atoms with Crippen LogP contribution in [0.1, 0.15) is 36.1 Å². The molecule has 112 valence electrons. The molecule has 0 bridgehead atoms. The van der Waals surface area contributed by atoms with E-state index >= 15 is 0 Å². The van der Waals surface area contributed by atoms with Crippen molar-refractivity contribution in [2.75, 3.05) is 13.2 Å². The highest BCUT2D eigenvalue weighted by atomic mass is 16.5. The summed E-state index contributed by atoms with van der Waals surface area (Å²) in [5, 5.41) is 16.6. The molecule has 2 aromatic heterocycles. The van der Waals surface area contributed by atoms with E-state index < -0.39 is 0 Å². The molecule has 4 heterocycles. The van der Waals surface area contributed by atoms with E-state index in [4.69, 9.17) is 4.74 Å². The molecule has 1 saturated heterocycles. The van der Waals surface area contributed by atoms with Crippen LogP contribution in [0.5, 0.6) is 0 Å². The van der Waals surface area contributed by atoms with Crippen molar-refractivity contribution in [1.82, 2.24) is 29.9 Å². The highest BCUT2D eigenvalue weighted by molar-refractivity contribution is 5.22. The number of rotatable bonds is 3. The lowest BCUT2D eigenvalue weighted by molar-refractivity contribution is 0.109. The van der Waals surface area contributed by atoms with Crippen molar-refractivity contribution in [3.05, 3.63) is 29.6 Å². The van der Waals surface area contributed by atoms with Crippen LogP contribution < -0.4 is 5.32 Å². The minimum Gasteiger partial charge on any atom is -0.378 e. The van der Waals surface area contributed by atoms with Crippen molar-refractivity contribution in [3.8, 4) is 0 Å². The van der Waals surface area contributed by atoms with Crippen LogP contribution in [-0.4, -0.2) is 43.8 Å². The number of fused-ring (bicyclic) bond motifs is 1. The molecule has 0 spiro atoms. The van der Waals surface area contributed by atoms with Crippen LogP contribution in [0.3, 0.4) is 0 Å². The Bertz CT molecular complexity index is 627. The molecule has 2 unspecified atom stereocenters. The van der Waals surface area contributed by atoms with Crippen molar-refractivity contribution < 1.29 is 4.74 Å². The van der Waals surface area contributed by atoms with Gasteiger partial charge in [0.2, 0.25) is 0 Å². The van der Waals surface area contributed by atoms with Gasteiger partial charge in [0.25, 0.3) is 0 Å². The van der Waals surface area contributed by atoms with Gasteiger partial charge >= 0.3 is 0 Å². The Morgan fingerprint density at radius 2 is 2.38 bits per heavy atom. The van der Waals surface area contributed by atoms with Gasteiger partial charge in [-0.3, -0.25) is 4.68 Å². The number of hydrogen-bond acceptors (Lipinski definition) is 5. The number of nitrogens with zero attached hydrogens (tertiary/aromatic N) is 5. The van der Waals surface area contributed by atoms with Crippen molar-refractivity contribution in [2.24, 2.45) is 7.05 Å². The van der Waals surface area contributed by atoms with Gasteiger partial charge in [-0.1, -0.05) is 0 Å². The molecular formula is C14H20N6O. The lowest BCUT2D eigenvalue weighted by atomic mass is 10.1. The topological polar surface area (TPSA) is 69.8 Å². The Balaban J connectivity index is 1.61. The Hall–Kier alpha value is -1.73. The predicted molar refractivity (Wildman–Crippen MR) is 75.8 cm³/mol. The first kappa shape index (κ1) is 13.0. The third-order valence-corrected chi connectivity index (χ3v) is 4.29. The normalized spacial score (nSPS) is 25.2. The lowest BCUT2D eigenvalue weighted by Gasteiger charge is -2.24. The molecule has 7 heteroatoms. The molecule has 1 N–H and O–H groups in total. The predicted octanol–water partition coefficient (Wildman–Crippen LogP) is 0.426. The molecule has 0 aliphatic carbocycles. The monoisotopic (exact) mass is 288 g/mol. The molecule has 1 fully saturated rings. The van der Waals surface area contributed by atoms with Gasteiger partial charge in [-0.2, -0.15) is 5.10 Å². The molecule has 7 nitrogen and oxygen atoms in total. The highest BCUT2D eigenvalue weighted by Gasteiger charge is 2.28. The summed E-state index contributed by atoms with van der Waals surface area (Å²) in [6.07, 6.45) is 7.39. The third kappa shape index (κ3) is 2.36. The average molecular weight is 288 g/mol. The summed E-state index contributed by atoms with van der Waals surface area (Å²) in [6.45, 7) is 2.72. The zero-order valence-corrected chi connectivity index (χ0v) is 12.2. The fourth-order valence-corrected chi connectivity index (χ4v) is 3.23. The Labute approximate surface area is 123 Å². The van der Waals surface area contributed by atoms with E-state index in [9.17, 15) is 0 Å². The van der Waals surface area contributed by atoms with E-state index in [0.717, 1.165) is 56.2 Å². The third-order valence-electron chi connectivity index (χ3n) is 4.29. The Morgan fingerprint density at radius 1 is 1.43 bits per heavy atom. The largest absolute Gasteiger partial charge is 0.378 e. The van der Waals surface area contributed by atoms with E-state index in [2.05, 4.69) is 25.2 Å². The van der Waals surface area contributed by atoms with Gasteiger partial charge in [-0.05, 0) is 12.8 Å². The Kier molecular flexibility index (Phi) is 3.23. The van der Waals surface area contributed by atoms with Crippen LogP contribution in [-0.2, 0) is 24.8 Å². The van der Waals surface area contributed by atoms with Gasteiger partial charge < -0.3 is 14.6 Å². The minimum atomic E-state index is 0.0817. The molecule has 0 radical (unpaired) electrons. The smallest absolute Gasteiger partial charge is 0.154 e. The summed E-state index contributed by atoms with van der Waals surface area (Å²) in [5.41, 5.74) is 1.13. The van der Waals surface area contributed by atoms with Crippen LogP contribution in [0.4, 0.5) is 0 Å². The average Bonchev–Trinajstić information content (AvgIpc) is 3.21. The summed E-state index contributed by atoms with van der Waals surface area (Å²) in [5.74, 6) is 2.04. The van der Waals surface area contributed by atoms with Gasteiger partial charge in [0, 0.05) is 44.9 Å². The van der Waals surface area contributed by atoms with Gasteiger partial charge in [0.1, 0.15) is 5.82 Å². The van der Waals surface area contributed by atoms with E-state index in [0.29, 0.717) is 6.10 Å². The molecule has 0 saturated carbocycles. The first-order valence-corrected chi connectivity index (χ1v) is 7.57. The van der Waals surface area contributed by atoms with Crippen LogP contribution in [0.25, 0.3) is 0 Å². The molecule has 2 aliphatic rings. The fraction of sp³-hybridized carbons (Fsp3) is 0.643. The van der Waals surface area contributed by atoms with Crippen LogP contribution >= 0.6 is 0 Å². The van der Waals surface area contributed by atoms with Crippen LogP contribution in [0, 0.1) is 0 Å². The van der Waals surface area contributed by atoms with E-state index in [1.165, 1.54) is 0 Å². The van der Waals surface area contributed by atoms with Gasteiger partial charge in [0.05, 0.1) is 18.3 Å². The maximum Gasteiger partial charge on any atom is 0.154 e. The maximum absolute atomic E-state index is 5.72. The summed E-state index contributed by atoms with van der Waals surface area (Å²) < 4.78 is 9.79. The second kappa shape index (κ2) is 5.23. The second-order valence-electron chi connectivity index (χ2n) is 5.80. The standard InChI is InChI=1S/C14H20N6O/c1-19-9-10(8-16-19)13-14-18-17-12(20(14)5-4-15-13)7-11-3-2-6-21-11/h8-9,11,13,15H,2-7H2,1H3. The molecule has 21 heavy (non-hydrogen) atoms. The zero-order valence-electron chi connectivity index (χ0n) is 12.2. The minimum absolute atomic E-state index is 0.0817. The number of nitrogens with one attached hydrogen (secondary N) is 1. The first-order chi connectivity index (χ1) is 10.3. The van der Waals surface area contributed by atoms with Gasteiger partial charge in [0.15, 0.2) is 5.82 Å². The summed E-state index contributed by atoms with van der Waals surface area (Å²) >= 11 is 0. The van der Waals surface area contributed by atoms with E-state index in [-0.39, 0.29) is 6.04 Å². The first-order valence-electron chi connectivity index (χ1n) is 7.57. The number of ether oxygens (including phenoxy) is 1. The number of aryl methyl sites for hydroxylation is 1. The quantitative estimate of drug-likeness (QED) is 0.887. The number of aromatic nitrogens is 5. The zero-order chi connectivity index (χ0) is 14.2. The summed E-state index contributed by atoms with van der Waals surface area (Å²) in [4.78, 5) is 0. The fourth-order valence-electron chi connectivity index (χ4n) is 3.23. The van der Waals surface area contributed by atoms with Crippen LogP contribution in [0.2, 0.25) is 0 Å². The summed E-state index contributed by atoms with van der Waals surface area (Å²) in [7, 11) is 1.93. The molecule has 2 aliphatic heterocycles. The van der Waals surface area contributed by atoms with Crippen molar-refractivity contribution in [2.45, 2.75) is 38.0 Å². The van der Waals surface area contributed by atoms with Gasteiger partial charge in [-0.15, -0.1) is 10.2 Å². The summed E-state index contributed by atoms with van der Waals surface area (Å²) in [6, 6.07) is 0.0817. The molecule has 0 aromatic carbocycles. The van der Waals surface area contributed by atoms with Crippen LogP contribution in [0.15, 0.2) is 12.4 Å². The van der Waals surface area contributed by atoms with Crippen molar-refractivity contribution in [1.29, 1.82) is 0 Å². The van der Waals surface area contributed by atoms with E-state index in [1.54, 1.807) is 0 Å². The number of hydrogen-bond donors (Lipinski definition) is 1. The molecule has 2 atom stereocenters. The second-order valence-corrected chi connectivity index (χ2v) is 5.80. The molecule has 2 aromatic rings. The Morgan fingerprint density at radius 3 is 3.14 bits per heavy atom. The molecule has 0 amide bonds. The maximum atomic E-state index is 5.72. The lowest BCUT2D eigenvalue weighted by Crippen LogP contribution is -2.35. The van der Waals surface area contributed by atoms with E-state index in [1.807, 2.05) is 24.1 Å². The highest BCUT2D eigenvalue weighted by Crippen LogP contribution is 2.25. The van der Waals surface area contributed by atoms with Gasteiger partial charge in [-0.25, -0.2) is 0 Å². The SMILES string of the molecule is Cn1cc(C2NCCn3c(CC4CCCO4)nnc32)cn1. The molecule has 4 rings (SSSR count). The van der Waals surface area contributed by atoms with Crippen molar-refractivity contribution >= 4 is 0 Å². The molecular weight excluding hydrogens is 268 g/mol. The van der Waals surface area contributed by atoms with Crippen molar-refractivity contribution in [3.63, 3.8) is 0 Å².